The third-order valence-electron chi connectivity index (χ3n) is 1.90. The predicted octanol–water partition coefficient (Wildman–Crippen LogP) is 2.83. The van der Waals surface area contributed by atoms with E-state index in [1.807, 2.05) is 25.1 Å². The number of nitrogens with zero attached hydrogens (tertiary/aromatic N) is 2. The number of aromatic nitrogens is 2. The van der Waals surface area contributed by atoms with Crippen molar-refractivity contribution in [2.24, 2.45) is 0 Å². The normalized spacial score (nSPS) is 10.3. The Morgan fingerprint density at radius 1 is 1.47 bits per heavy atom. The van der Waals surface area contributed by atoms with Gasteiger partial charge in [0, 0.05) is 11.5 Å². The summed E-state index contributed by atoms with van der Waals surface area (Å²) in [5.41, 5.74) is 7.32. The number of aryl methyl sites for hydroxylation is 1. The molecule has 0 unspecified atom stereocenters. The molecule has 3 N–H and O–H groups in total. The Kier molecular flexibility index (Phi) is 2.75. The van der Waals surface area contributed by atoms with Crippen LogP contribution in [-0.4, -0.2) is 9.36 Å². The van der Waals surface area contributed by atoms with Gasteiger partial charge in [-0.25, -0.2) is 0 Å². The minimum atomic E-state index is 0.271. The van der Waals surface area contributed by atoms with Crippen molar-refractivity contribution in [1.82, 2.24) is 9.36 Å². The Morgan fingerprint density at radius 2 is 2.27 bits per heavy atom. The Hall–Kier alpha value is -1.33. The van der Waals surface area contributed by atoms with Crippen molar-refractivity contribution in [2.75, 3.05) is 11.1 Å². The van der Waals surface area contributed by atoms with Crippen LogP contribution in [0.3, 0.4) is 0 Å². The van der Waals surface area contributed by atoms with Crippen LogP contribution in [0.5, 0.6) is 0 Å². The largest absolute Gasteiger partial charge is 0.367 e. The van der Waals surface area contributed by atoms with Crippen molar-refractivity contribution in [1.29, 1.82) is 0 Å². The van der Waals surface area contributed by atoms with E-state index in [9.17, 15) is 0 Å². The predicted molar refractivity (Wildman–Crippen MR) is 63.8 cm³/mol. The van der Waals surface area contributed by atoms with E-state index in [0.717, 1.165) is 11.3 Å². The molecule has 0 bridgehead atoms. The number of nitrogen functional groups attached to an aromatic ring is 1. The van der Waals surface area contributed by atoms with Crippen LogP contribution < -0.4 is 11.1 Å². The van der Waals surface area contributed by atoms with Gasteiger partial charge in [-0.15, -0.1) is 0 Å². The molecule has 0 fully saturated rings. The Morgan fingerprint density at radius 3 is 2.87 bits per heavy atom. The topological polar surface area (TPSA) is 63.8 Å². The standard InChI is InChI=1S/C9H9ClN4S/c1-5-3-2-4-6(10)7(5)12-9-13-8(11)14-15-9/h2-4H,1H3,(H3,11,12,13,14). The molecule has 1 aromatic heterocycles. The van der Waals surface area contributed by atoms with Crippen LogP contribution in [0, 0.1) is 6.92 Å². The van der Waals surface area contributed by atoms with Gasteiger partial charge in [0.25, 0.3) is 0 Å². The Bertz CT molecular complexity index is 462. The zero-order valence-corrected chi connectivity index (χ0v) is 9.56. The van der Waals surface area contributed by atoms with E-state index in [2.05, 4.69) is 14.7 Å². The minimum absolute atomic E-state index is 0.271. The van der Waals surface area contributed by atoms with Crippen LogP contribution in [-0.2, 0) is 0 Å². The second-order valence-electron chi connectivity index (χ2n) is 3.01. The number of hydrogen-bond acceptors (Lipinski definition) is 5. The summed E-state index contributed by atoms with van der Waals surface area (Å²) in [6.07, 6.45) is 0. The van der Waals surface area contributed by atoms with Crippen LogP contribution in [0.15, 0.2) is 18.2 Å². The van der Waals surface area contributed by atoms with Crippen LogP contribution >= 0.6 is 23.1 Å². The number of rotatable bonds is 2. The lowest BCUT2D eigenvalue weighted by atomic mass is 10.2. The molecule has 15 heavy (non-hydrogen) atoms. The monoisotopic (exact) mass is 240 g/mol. The molecule has 78 valence electrons. The summed E-state index contributed by atoms with van der Waals surface area (Å²) in [6, 6.07) is 5.69. The summed E-state index contributed by atoms with van der Waals surface area (Å²) in [5.74, 6) is 0.271. The Balaban J connectivity index is 2.31. The van der Waals surface area contributed by atoms with E-state index in [-0.39, 0.29) is 5.95 Å². The maximum absolute atomic E-state index is 6.05. The summed E-state index contributed by atoms with van der Waals surface area (Å²) >= 11 is 7.25. The molecule has 4 nitrogen and oxygen atoms in total. The molecule has 0 aliphatic heterocycles. The van der Waals surface area contributed by atoms with E-state index in [1.54, 1.807) is 0 Å². The van der Waals surface area contributed by atoms with Gasteiger partial charge in [0.15, 0.2) is 0 Å². The summed E-state index contributed by atoms with van der Waals surface area (Å²) in [4.78, 5) is 4.00. The van der Waals surface area contributed by atoms with E-state index < -0.39 is 0 Å². The highest BCUT2D eigenvalue weighted by atomic mass is 35.5. The molecule has 6 heteroatoms. The van der Waals surface area contributed by atoms with E-state index in [0.29, 0.717) is 10.2 Å². The lowest BCUT2D eigenvalue weighted by molar-refractivity contribution is 1.32. The fourth-order valence-corrected chi connectivity index (χ4v) is 1.95. The van der Waals surface area contributed by atoms with Gasteiger partial charge in [0.05, 0.1) is 10.7 Å². The van der Waals surface area contributed by atoms with Crippen molar-refractivity contribution in [3.63, 3.8) is 0 Å². The van der Waals surface area contributed by atoms with Crippen molar-refractivity contribution in [3.05, 3.63) is 28.8 Å². The van der Waals surface area contributed by atoms with Gasteiger partial charge >= 0.3 is 0 Å². The van der Waals surface area contributed by atoms with Crippen LogP contribution in [0.4, 0.5) is 16.8 Å². The SMILES string of the molecule is Cc1cccc(Cl)c1Nc1nc(N)ns1. The maximum Gasteiger partial charge on any atom is 0.233 e. The number of hydrogen-bond donors (Lipinski definition) is 2. The number of halogens is 1. The molecule has 1 heterocycles. The molecule has 0 amide bonds. The van der Waals surface area contributed by atoms with Crippen LogP contribution in [0.1, 0.15) is 5.56 Å². The first-order valence-corrected chi connectivity index (χ1v) is 5.43. The van der Waals surface area contributed by atoms with Gasteiger partial charge in [-0.2, -0.15) is 9.36 Å². The zero-order valence-electron chi connectivity index (χ0n) is 7.99. The summed E-state index contributed by atoms with van der Waals surface area (Å²) < 4.78 is 3.87. The first kappa shape index (κ1) is 10.2. The van der Waals surface area contributed by atoms with Crippen LogP contribution in [0.2, 0.25) is 5.02 Å². The average molecular weight is 241 g/mol. The van der Waals surface area contributed by atoms with E-state index >= 15 is 0 Å². The van der Waals surface area contributed by atoms with Crippen molar-refractivity contribution in [3.8, 4) is 0 Å². The summed E-state index contributed by atoms with van der Waals surface area (Å²) in [5, 5.41) is 4.39. The number of nitrogens with two attached hydrogens (primary N) is 1. The zero-order chi connectivity index (χ0) is 10.8. The molecule has 0 spiro atoms. The lowest BCUT2D eigenvalue weighted by Crippen LogP contribution is -1.94. The van der Waals surface area contributed by atoms with Crippen molar-refractivity contribution in [2.45, 2.75) is 6.92 Å². The molecular formula is C9H9ClN4S. The molecule has 1 aromatic carbocycles. The Labute approximate surface area is 96.3 Å². The maximum atomic E-state index is 6.05. The van der Waals surface area contributed by atoms with Gasteiger partial charge in [0.1, 0.15) is 0 Å². The highest BCUT2D eigenvalue weighted by molar-refractivity contribution is 7.10. The molecule has 0 saturated carbocycles. The van der Waals surface area contributed by atoms with Gasteiger partial charge in [0.2, 0.25) is 11.1 Å². The molecule has 0 aliphatic rings. The molecule has 0 atom stereocenters. The fourth-order valence-electron chi connectivity index (χ4n) is 1.18. The highest BCUT2D eigenvalue weighted by Gasteiger charge is 2.06. The molecular weight excluding hydrogens is 232 g/mol. The van der Waals surface area contributed by atoms with E-state index in [4.69, 9.17) is 17.3 Å². The lowest BCUT2D eigenvalue weighted by Gasteiger charge is -2.07. The number of nitrogens with one attached hydrogen (secondary N) is 1. The van der Waals surface area contributed by atoms with Crippen LogP contribution in [0.25, 0.3) is 0 Å². The molecule has 2 aromatic rings. The number of anilines is 3. The van der Waals surface area contributed by atoms with Crippen molar-refractivity contribution >= 4 is 39.9 Å². The second kappa shape index (κ2) is 4.04. The van der Waals surface area contributed by atoms with Crippen molar-refractivity contribution < 1.29 is 0 Å². The van der Waals surface area contributed by atoms with Gasteiger partial charge in [-0.05, 0) is 18.6 Å². The smallest absolute Gasteiger partial charge is 0.233 e. The molecule has 0 radical (unpaired) electrons. The van der Waals surface area contributed by atoms with Gasteiger partial charge < -0.3 is 11.1 Å². The summed E-state index contributed by atoms with van der Waals surface area (Å²) in [6.45, 7) is 1.97. The average Bonchev–Trinajstić information content (AvgIpc) is 2.58. The third-order valence-corrected chi connectivity index (χ3v) is 2.86. The summed E-state index contributed by atoms with van der Waals surface area (Å²) in [7, 11) is 0. The number of benzene rings is 1. The fraction of sp³-hybridized carbons (Fsp3) is 0.111. The quantitative estimate of drug-likeness (QED) is 0.847. The molecule has 2 rings (SSSR count). The van der Waals surface area contributed by atoms with E-state index in [1.165, 1.54) is 11.5 Å². The van der Waals surface area contributed by atoms with Gasteiger partial charge in [-0.3, -0.25) is 0 Å². The minimum Gasteiger partial charge on any atom is -0.367 e. The highest BCUT2D eigenvalue weighted by Crippen LogP contribution is 2.29. The number of para-hydroxylation sites is 1. The first-order chi connectivity index (χ1) is 7.16. The molecule has 0 aliphatic carbocycles. The second-order valence-corrected chi connectivity index (χ2v) is 4.17. The molecule has 0 saturated heterocycles. The first-order valence-electron chi connectivity index (χ1n) is 4.28. The van der Waals surface area contributed by atoms with Gasteiger partial charge in [-0.1, -0.05) is 23.7 Å². The third kappa shape index (κ3) is 2.19.